The molecule has 0 atom stereocenters. The largest absolute Gasteiger partial charge is 0.664 e. The first-order chi connectivity index (χ1) is 11.2. The maximum Gasteiger partial charge on any atom is 0.237 e. The summed E-state index contributed by atoms with van der Waals surface area (Å²) < 4.78 is 27.0. The Morgan fingerprint density at radius 1 is 1.20 bits per heavy atom. The Labute approximate surface area is 174 Å². The fourth-order valence-electron chi connectivity index (χ4n) is 1.57. The number of aryl methyl sites for hydroxylation is 1. The number of hydrogen-bond acceptors (Lipinski definition) is 3. The van der Waals surface area contributed by atoms with E-state index >= 15 is 0 Å². The second kappa shape index (κ2) is 11.1. The number of carbonyl (C=O) groups is 1. The van der Waals surface area contributed by atoms with Crippen molar-refractivity contribution in [3.8, 4) is 0 Å². The summed E-state index contributed by atoms with van der Waals surface area (Å²) in [7, 11) is -0.167. The topological polar surface area (TPSA) is 90.6 Å². The van der Waals surface area contributed by atoms with Crippen LogP contribution in [-0.4, -0.2) is 39.7 Å². The standard InChI is InChI=1S/C10H13N2O2S.C7H7NO.Y/c1-9-6-4-5-7-10(9)15(13,14)11-8-12(2)3;8-7(9)6-4-2-1-3-5-6;/h4,6-8H,1-3H3;1-5H,(H2,8,9);/q-1;;/p-1/b11-8+;;. The first-order valence-corrected chi connectivity index (χ1v) is 8.42. The van der Waals surface area contributed by atoms with Crippen LogP contribution < -0.4 is 0 Å². The molecule has 25 heavy (non-hydrogen) atoms. The van der Waals surface area contributed by atoms with Crippen LogP contribution in [0.2, 0.25) is 0 Å². The third-order valence-electron chi connectivity index (χ3n) is 2.76. The number of nitrogens with zero attached hydrogens (tertiary/aromatic N) is 2. The van der Waals surface area contributed by atoms with E-state index in [1.807, 2.05) is 6.07 Å². The third kappa shape index (κ3) is 8.38. The van der Waals surface area contributed by atoms with Crippen LogP contribution in [0, 0.1) is 13.0 Å². The van der Waals surface area contributed by atoms with Crippen molar-refractivity contribution in [2.75, 3.05) is 14.1 Å². The summed E-state index contributed by atoms with van der Waals surface area (Å²) in [4.78, 5) is 12.1. The number of amides is 1. The van der Waals surface area contributed by atoms with Crippen molar-refractivity contribution in [3.63, 3.8) is 0 Å². The molecule has 0 aliphatic carbocycles. The molecule has 2 aromatic carbocycles. The zero-order chi connectivity index (χ0) is 18.2. The van der Waals surface area contributed by atoms with Crippen LogP contribution >= 0.6 is 0 Å². The second-order valence-corrected chi connectivity index (χ2v) is 6.65. The van der Waals surface area contributed by atoms with Gasteiger partial charge in [0.25, 0.3) is 0 Å². The summed E-state index contributed by atoms with van der Waals surface area (Å²) in [6.45, 7) is 1.73. The van der Waals surface area contributed by atoms with Crippen LogP contribution in [0.25, 0.3) is 5.73 Å². The summed E-state index contributed by atoms with van der Waals surface area (Å²) in [6.07, 6.45) is 1.27. The van der Waals surface area contributed by atoms with Crippen LogP contribution in [0.4, 0.5) is 0 Å². The van der Waals surface area contributed by atoms with Gasteiger partial charge in [-0.25, -0.2) is 8.42 Å². The molecule has 0 bridgehead atoms. The Bertz CT molecular complexity index is 807. The van der Waals surface area contributed by atoms with E-state index in [1.54, 1.807) is 62.3 Å². The Hall–Kier alpha value is -1.57. The fraction of sp³-hybridized carbons (Fsp3) is 0.176. The third-order valence-corrected chi connectivity index (χ3v) is 4.13. The smallest absolute Gasteiger partial charge is 0.237 e. The molecule has 0 aliphatic rings. The van der Waals surface area contributed by atoms with Gasteiger partial charge in [-0.15, -0.1) is 5.56 Å². The molecule has 1 N–H and O–H groups in total. The molecule has 0 unspecified atom stereocenters. The molecule has 0 spiro atoms. The van der Waals surface area contributed by atoms with Gasteiger partial charge >= 0.3 is 0 Å². The van der Waals surface area contributed by atoms with Crippen molar-refractivity contribution < 1.29 is 45.9 Å². The van der Waals surface area contributed by atoms with E-state index in [-0.39, 0.29) is 37.6 Å². The Morgan fingerprint density at radius 2 is 1.80 bits per heavy atom. The Morgan fingerprint density at radius 3 is 2.24 bits per heavy atom. The summed E-state index contributed by atoms with van der Waals surface area (Å²) >= 11 is 0. The first-order valence-electron chi connectivity index (χ1n) is 6.98. The predicted octanol–water partition coefficient (Wildman–Crippen LogP) is 2.95. The van der Waals surface area contributed by atoms with Gasteiger partial charge in [0.15, 0.2) is 0 Å². The van der Waals surface area contributed by atoms with E-state index in [1.165, 1.54) is 12.4 Å². The molecule has 131 valence electrons. The number of rotatable bonds is 4. The van der Waals surface area contributed by atoms with E-state index in [2.05, 4.69) is 10.5 Å². The monoisotopic (exact) mass is 434 g/mol. The molecule has 2 aromatic rings. The van der Waals surface area contributed by atoms with E-state index < -0.39 is 15.9 Å². The fourth-order valence-corrected chi connectivity index (χ4v) is 2.69. The number of nitrogens with one attached hydrogen (secondary N) is 1. The summed E-state index contributed by atoms with van der Waals surface area (Å²) in [6, 6.07) is 16.0. The van der Waals surface area contributed by atoms with Gasteiger partial charge in [0.05, 0.1) is 5.91 Å². The SMILES string of the molecule is Cc1cc[c-]cc1S(=O)(=O)/N=C/N(C)C.[NH-]C(=O)c1ccccc1.[Y]. The number of sulfonamides is 1. The maximum absolute atomic E-state index is 11.7. The summed E-state index contributed by atoms with van der Waals surface area (Å²) in [5, 5.41) is 0. The van der Waals surface area contributed by atoms with Crippen LogP contribution in [0.5, 0.6) is 0 Å². The predicted molar refractivity (Wildman–Crippen MR) is 94.5 cm³/mol. The van der Waals surface area contributed by atoms with E-state index in [4.69, 9.17) is 5.73 Å². The average molecular weight is 434 g/mol. The molecule has 0 saturated heterocycles. The Balaban J connectivity index is 0.000000495. The average Bonchev–Trinajstić information content (AvgIpc) is 2.55. The molecule has 0 aliphatic heterocycles. The van der Waals surface area contributed by atoms with Gasteiger partial charge in [0.1, 0.15) is 6.34 Å². The van der Waals surface area contributed by atoms with Crippen LogP contribution in [0.15, 0.2) is 57.8 Å². The zero-order valence-corrected chi connectivity index (χ0v) is 18.0. The normalized spacial score (nSPS) is 10.4. The molecule has 6 nitrogen and oxygen atoms in total. The van der Waals surface area contributed by atoms with Gasteiger partial charge in [0, 0.05) is 46.8 Å². The zero-order valence-electron chi connectivity index (χ0n) is 14.3. The van der Waals surface area contributed by atoms with Crippen molar-refractivity contribution in [1.82, 2.24) is 4.90 Å². The number of carbonyl (C=O) groups excluding carboxylic acids is 1. The molecular weight excluding hydrogens is 415 g/mol. The van der Waals surface area contributed by atoms with E-state index in [9.17, 15) is 13.2 Å². The van der Waals surface area contributed by atoms with Gasteiger partial charge in [-0.2, -0.15) is 28.7 Å². The van der Waals surface area contributed by atoms with Crippen molar-refractivity contribution in [1.29, 1.82) is 0 Å². The number of benzene rings is 2. The molecule has 0 heterocycles. The molecule has 1 radical (unpaired) electrons. The molecule has 1 amide bonds. The second-order valence-electron chi connectivity index (χ2n) is 5.05. The Kier molecular flexibility index (Phi) is 10.4. The molecule has 2 rings (SSSR count). The summed E-state index contributed by atoms with van der Waals surface area (Å²) in [5.41, 5.74) is 7.79. The van der Waals surface area contributed by atoms with Gasteiger partial charge in [-0.3, -0.25) is 0 Å². The molecule has 0 fully saturated rings. The number of hydrogen-bond donors (Lipinski definition) is 0. The van der Waals surface area contributed by atoms with Crippen molar-refractivity contribution in [2.45, 2.75) is 11.8 Å². The van der Waals surface area contributed by atoms with Crippen molar-refractivity contribution >= 4 is 22.3 Å². The molecular formula is C17H19N3O3SY-2. The minimum atomic E-state index is -3.59. The summed E-state index contributed by atoms with van der Waals surface area (Å²) in [5.74, 6) is -0.629. The van der Waals surface area contributed by atoms with Gasteiger partial charge in [-0.1, -0.05) is 37.3 Å². The van der Waals surface area contributed by atoms with Crippen LogP contribution in [0.3, 0.4) is 0 Å². The molecule has 8 heteroatoms. The van der Waals surface area contributed by atoms with Gasteiger partial charge in [-0.05, 0) is 10.5 Å². The van der Waals surface area contributed by atoms with Gasteiger partial charge < -0.3 is 15.4 Å². The van der Waals surface area contributed by atoms with Crippen molar-refractivity contribution in [3.05, 3.63) is 71.5 Å². The van der Waals surface area contributed by atoms with Crippen LogP contribution in [0.1, 0.15) is 15.9 Å². The van der Waals surface area contributed by atoms with E-state index in [0.29, 0.717) is 11.1 Å². The van der Waals surface area contributed by atoms with Crippen molar-refractivity contribution in [2.24, 2.45) is 4.40 Å². The molecule has 0 aromatic heterocycles. The quantitative estimate of drug-likeness (QED) is 0.420. The van der Waals surface area contributed by atoms with E-state index in [0.717, 1.165) is 0 Å². The van der Waals surface area contributed by atoms with Gasteiger partial charge in [0.2, 0.25) is 10.0 Å². The first kappa shape index (κ1) is 23.4. The maximum atomic E-state index is 11.7. The minimum absolute atomic E-state index is 0. The van der Waals surface area contributed by atoms with Crippen LogP contribution in [-0.2, 0) is 42.7 Å². The minimum Gasteiger partial charge on any atom is -0.664 e. The molecule has 0 saturated carbocycles.